The fourth-order valence-corrected chi connectivity index (χ4v) is 24.6. The molecule has 5 aliphatic rings. The van der Waals surface area contributed by atoms with Crippen LogP contribution in [0.5, 0.6) is 0 Å². The van der Waals surface area contributed by atoms with E-state index in [9.17, 15) is 33.7 Å². The van der Waals surface area contributed by atoms with Gasteiger partial charge in [0.25, 0.3) is 30.6 Å². The number of thiazole rings is 8. The average molecular weight is 1790 g/mol. The second-order valence-electron chi connectivity index (χ2n) is 30.5. The molecule has 8 N–H and O–H groups in total. The number of benzene rings is 1. The summed E-state index contributed by atoms with van der Waals surface area (Å²) in [7, 11) is -7.24. The third-order valence-corrected chi connectivity index (χ3v) is 33.9. The van der Waals surface area contributed by atoms with Crippen molar-refractivity contribution in [3.05, 3.63) is 92.6 Å². The lowest BCUT2D eigenvalue weighted by molar-refractivity contribution is 0.280. The zero-order chi connectivity index (χ0) is 81.3. The Morgan fingerprint density at radius 3 is 1.13 bits per heavy atom. The zero-order valence-corrected chi connectivity index (χ0v) is 76.7. The smallest absolute Gasteiger partial charge is 0.279 e. The quantitative estimate of drug-likeness (QED) is 0.0216. The van der Waals surface area contributed by atoms with Crippen LogP contribution in [0.4, 0.5) is 20.5 Å². The highest BCUT2D eigenvalue weighted by Gasteiger charge is 2.31. The molecule has 1 aromatic carbocycles. The van der Waals surface area contributed by atoms with E-state index in [2.05, 4.69) is 102 Å². The van der Waals surface area contributed by atoms with E-state index < -0.39 is 40.7 Å². The minimum Gasteiger partial charge on any atom is -0.361 e. The van der Waals surface area contributed by atoms with Crippen molar-refractivity contribution >= 4 is 152 Å². The number of nitrogens with zero attached hydrogens (tertiary/aromatic N) is 11. The predicted octanol–water partition coefficient (Wildman–Crippen LogP) is 15.4. The summed E-state index contributed by atoms with van der Waals surface area (Å²) in [5.41, 5.74) is 7.78. The molecular formula is C75H111N19O8S12. The maximum Gasteiger partial charge on any atom is 0.279 e. The van der Waals surface area contributed by atoms with Crippen molar-refractivity contribution in [2.75, 3.05) is 95.3 Å². The molecular weight excluding hydrogens is 1680 g/mol. The van der Waals surface area contributed by atoms with E-state index in [0.29, 0.717) is 91.9 Å². The third kappa shape index (κ3) is 26.5. The van der Waals surface area contributed by atoms with Gasteiger partial charge >= 0.3 is 0 Å². The first kappa shape index (κ1) is 89.8. The van der Waals surface area contributed by atoms with Crippen molar-refractivity contribution in [2.24, 2.45) is 29.6 Å². The molecule has 0 amide bonds. The summed E-state index contributed by atoms with van der Waals surface area (Å²) in [4.78, 5) is 40.8. The van der Waals surface area contributed by atoms with Crippen LogP contribution < -0.4 is 40.2 Å². The van der Waals surface area contributed by atoms with E-state index in [1.807, 2.05) is 50.6 Å². The molecule has 0 unspecified atom stereocenters. The zero-order valence-electron chi connectivity index (χ0n) is 66.9. The van der Waals surface area contributed by atoms with E-state index in [0.717, 1.165) is 215 Å². The van der Waals surface area contributed by atoms with Crippen LogP contribution in [0.25, 0.3) is 44.9 Å². The number of piperidine rings is 1. The Hall–Kier alpha value is -5.02. The molecule has 1 aliphatic heterocycles. The van der Waals surface area contributed by atoms with Crippen molar-refractivity contribution in [1.82, 2.24) is 71.7 Å². The van der Waals surface area contributed by atoms with Gasteiger partial charge in [-0.15, -0.1) is 90.7 Å². The number of hydrogen-bond donors (Lipinski definition) is 8. The maximum absolute atomic E-state index is 12.5. The van der Waals surface area contributed by atoms with Crippen molar-refractivity contribution in [3.63, 3.8) is 0 Å². The number of rotatable bonds is 29. The molecule has 0 atom stereocenters. The molecule has 114 heavy (non-hydrogen) atoms. The van der Waals surface area contributed by atoms with Crippen LogP contribution >= 0.6 is 90.7 Å². The van der Waals surface area contributed by atoms with Gasteiger partial charge in [-0.3, -0.25) is 0 Å². The second kappa shape index (κ2) is 41.8. The molecule has 9 heterocycles. The van der Waals surface area contributed by atoms with Crippen LogP contribution in [-0.4, -0.2) is 179 Å². The molecule has 39 heteroatoms. The molecule has 0 bridgehead atoms. The van der Waals surface area contributed by atoms with Crippen molar-refractivity contribution in [3.8, 4) is 44.9 Å². The summed E-state index contributed by atoms with van der Waals surface area (Å²) < 4.78 is 112. The number of sulfonamides is 1. The molecule has 27 nitrogen and oxygen atoms in total. The molecule has 0 spiro atoms. The predicted molar refractivity (Wildman–Crippen MR) is 473 cm³/mol. The lowest BCUT2D eigenvalue weighted by Crippen LogP contribution is -2.45. The van der Waals surface area contributed by atoms with Crippen LogP contribution in [0.15, 0.2) is 62.3 Å². The van der Waals surface area contributed by atoms with E-state index in [1.54, 1.807) is 127 Å². The first-order valence-corrected chi connectivity index (χ1v) is 51.8. The Kier molecular flexibility index (Phi) is 32.9. The number of hydrogen-bond acceptors (Lipinski definition) is 28. The van der Waals surface area contributed by atoms with Gasteiger partial charge in [-0.2, -0.15) is 38.2 Å². The lowest BCUT2D eigenvalue weighted by Gasteiger charge is -2.30. The highest BCUT2D eigenvalue weighted by atomic mass is 32.2. The highest BCUT2D eigenvalue weighted by molar-refractivity contribution is 7.89. The number of aryl methyl sites for hydroxylation is 7. The standard InChI is InChI=1S/C22H28N4O2S3.C21H33N5O2S3.C17H27N5O2S3.C15H23N5O2S3/c1-14-4-10-19(11-5-14)31(27,28)23-12-17-6-8-18(9-7-17)25-22-26-20(13-29-22)21-15(2)30-16(3)24-21;1-15-20(24-16(2)30-15)19-14-29-21(25-19)22-12-17-6-8-18(9-7-17)13-23-31(27,28)26-10-4-3-5-11-26;1-11-16(19-12(2)26-11)15-10-25-17(21-15)20-14-7-5-13(6-8-14)9-18-27(23,24)22(3)4;1-20(2)25(21,22)17-9-11-3-5-12(6-4-11)18-15-19-13(10-24-15)14-16-7-8-23-14/h4-5,10-11,13,17-18,23H,6-9,12H2,1-3H3,(H,25,26);14,17-18,23H,3-13H2,1-2H3,(H,22,25);10,13-14,18H,5-9H2,1-4H3,(H,20,21);7-8,10-12,17H,3-6,9H2,1-2H3,(H,18,19). The topological polar surface area (TPSA) is 346 Å². The highest BCUT2D eigenvalue weighted by Crippen LogP contribution is 2.38. The molecule has 8 aromatic heterocycles. The number of nitrogens with one attached hydrogen (secondary N) is 8. The van der Waals surface area contributed by atoms with Crippen LogP contribution in [0.2, 0.25) is 0 Å². The fraction of sp³-hybridized carbons (Fsp3) is 0.600. The molecule has 626 valence electrons. The molecule has 0 radical (unpaired) electrons. The van der Waals surface area contributed by atoms with Gasteiger partial charge in [-0.1, -0.05) is 24.1 Å². The number of aromatic nitrogens is 8. The third-order valence-electron chi connectivity index (χ3n) is 21.3. The Labute approximate surface area is 706 Å². The summed E-state index contributed by atoms with van der Waals surface area (Å²) in [6, 6.07) is 8.14. The van der Waals surface area contributed by atoms with E-state index in [-0.39, 0.29) is 0 Å². The Bertz CT molecular complexity index is 4940. The van der Waals surface area contributed by atoms with Crippen LogP contribution in [0.1, 0.15) is 157 Å². The van der Waals surface area contributed by atoms with Crippen LogP contribution in [-0.2, 0) is 40.7 Å². The van der Waals surface area contributed by atoms with E-state index in [4.69, 9.17) is 15.0 Å². The van der Waals surface area contributed by atoms with Crippen molar-refractivity contribution < 1.29 is 33.7 Å². The van der Waals surface area contributed by atoms with Gasteiger partial charge in [0.2, 0.25) is 10.0 Å². The SMILES string of the molecule is CN(C)S(=O)(=O)NCC1CCC(Nc2nc(-c3nccs3)cs2)CC1.Cc1ccc(S(=O)(=O)NCC2CCC(Nc3nc(-c4nc(C)sc4C)cs3)CC2)cc1.Cc1nc(-c2csc(NC3CCC(CNS(=O)(=O)N(C)C)CC3)n2)c(C)s1.Cc1nc(-c2csc(NCC3CCC(CNS(=O)(=O)N4CCCCC4)CC3)n2)c(C)s1. The molecule has 4 aliphatic carbocycles. The van der Waals surface area contributed by atoms with Gasteiger partial charge < -0.3 is 21.3 Å². The van der Waals surface area contributed by atoms with Gasteiger partial charge in [0, 0.05) is 140 Å². The van der Waals surface area contributed by atoms with Gasteiger partial charge in [0.15, 0.2) is 20.5 Å². The summed E-state index contributed by atoms with van der Waals surface area (Å²) >= 11 is 13.2. The molecule has 14 rings (SSSR count). The fourth-order valence-electron chi connectivity index (χ4n) is 14.5. The molecule has 4 saturated carbocycles. The molecule has 1 saturated heterocycles. The van der Waals surface area contributed by atoms with E-state index >= 15 is 0 Å². The lowest BCUT2D eigenvalue weighted by atomic mass is 9.82. The summed E-state index contributed by atoms with van der Waals surface area (Å²) in [6.45, 7) is 18.6. The first-order chi connectivity index (χ1) is 54.4. The van der Waals surface area contributed by atoms with Gasteiger partial charge in [0.1, 0.15) is 44.9 Å². The van der Waals surface area contributed by atoms with Crippen LogP contribution in [0, 0.1) is 78.1 Å². The Morgan fingerprint density at radius 2 is 0.754 bits per heavy atom. The minimum atomic E-state index is -3.44. The average Bonchev–Trinajstić information content (AvgIpc) is 1.62. The van der Waals surface area contributed by atoms with Crippen molar-refractivity contribution in [1.29, 1.82) is 0 Å². The Balaban J connectivity index is 0.000000150. The van der Waals surface area contributed by atoms with E-state index in [1.165, 1.54) is 37.3 Å². The minimum absolute atomic E-state index is 0.332. The van der Waals surface area contributed by atoms with Gasteiger partial charge in [-0.05, 0) is 206 Å². The maximum atomic E-state index is 12.5. The number of anilines is 4. The monoisotopic (exact) mass is 1790 g/mol. The molecule has 5 fully saturated rings. The van der Waals surface area contributed by atoms with Crippen LogP contribution in [0.3, 0.4) is 0 Å². The van der Waals surface area contributed by atoms with Crippen molar-refractivity contribution in [2.45, 2.75) is 193 Å². The summed E-state index contributed by atoms with van der Waals surface area (Å²) in [5, 5.41) is 32.2. The van der Waals surface area contributed by atoms with Gasteiger partial charge in [0.05, 0.1) is 19.9 Å². The summed E-state index contributed by atoms with van der Waals surface area (Å²) in [6.07, 6.45) is 21.5. The summed E-state index contributed by atoms with van der Waals surface area (Å²) in [5.74, 6) is 2.22. The van der Waals surface area contributed by atoms with Gasteiger partial charge in [-0.25, -0.2) is 67.2 Å². The second-order valence-corrected chi connectivity index (χ2v) is 46.5. The normalized spacial score (nSPS) is 21.3. The first-order valence-electron chi connectivity index (χ1n) is 39.1. The molecule has 9 aromatic rings. The Morgan fingerprint density at radius 1 is 0.404 bits per heavy atom. The largest absolute Gasteiger partial charge is 0.361 e.